The number of carbonyl (C=O) groups excluding carboxylic acids is 2. The number of nitrogens with one attached hydrogen (secondary N) is 2. The lowest BCUT2D eigenvalue weighted by molar-refractivity contribution is -0.115. The molecule has 0 aliphatic rings. The molecular weight excluding hydrogens is 332 g/mol. The molecule has 0 fully saturated rings. The van der Waals surface area contributed by atoms with Crippen LogP contribution >= 0.6 is 0 Å². The number of aryl methyl sites for hydroxylation is 1. The van der Waals surface area contributed by atoms with Gasteiger partial charge in [0.1, 0.15) is 0 Å². The molecule has 2 aromatic carbocycles. The van der Waals surface area contributed by atoms with Crippen molar-refractivity contribution in [2.45, 2.75) is 13.3 Å². The molecule has 2 N–H and O–H groups in total. The number of hydrogen-bond acceptors (Lipinski definition) is 4. The molecule has 0 atom stereocenters. The van der Waals surface area contributed by atoms with Gasteiger partial charge in [0.05, 0.1) is 24.8 Å². The highest BCUT2D eigenvalue weighted by molar-refractivity contribution is 6.01. The average Bonchev–Trinajstić information content (AvgIpc) is 2.62. The minimum atomic E-state index is -0.508. The lowest BCUT2D eigenvalue weighted by Gasteiger charge is -2.10. The Morgan fingerprint density at radius 2 is 1.88 bits per heavy atom. The SMILES string of the molecule is COC(=O)c1ccccc1NC(=O)Cc1ccc2[nH]c(=O)c(C)cc2c1. The van der Waals surface area contributed by atoms with Gasteiger partial charge in [-0.3, -0.25) is 9.59 Å². The summed E-state index contributed by atoms with van der Waals surface area (Å²) in [6, 6.07) is 13.9. The fraction of sp³-hybridized carbons (Fsp3) is 0.150. The molecule has 3 rings (SSSR count). The van der Waals surface area contributed by atoms with Crippen molar-refractivity contribution in [2.24, 2.45) is 0 Å². The Kier molecular flexibility index (Phi) is 4.84. The summed E-state index contributed by atoms with van der Waals surface area (Å²) in [5.74, 6) is -0.757. The van der Waals surface area contributed by atoms with Crippen molar-refractivity contribution < 1.29 is 14.3 Å². The van der Waals surface area contributed by atoms with E-state index in [-0.39, 0.29) is 17.9 Å². The standard InChI is InChI=1S/C20H18N2O4/c1-12-9-14-10-13(7-8-16(14)22-19(12)24)11-18(23)21-17-6-4-3-5-15(17)20(25)26-2/h3-10H,11H2,1-2H3,(H,21,23)(H,22,24). The predicted octanol–water partition coefficient (Wildman–Crippen LogP) is 2.80. The number of aromatic amines is 1. The molecule has 26 heavy (non-hydrogen) atoms. The van der Waals surface area contributed by atoms with Crippen molar-refractivity contribution in [2.75, 3.05) is 12.4 Å². The van der Waals surface area contributed by atoms with Crippen LogP contribution in [0.4, 0.5) is 5.69 Å². The van der Waals surface area contributed by atoms with Crippen molar-refractivity contribution in [3.63, 3.8) is 0 Å². The first kappa shape index (κ1) is 17.4. The van der Waals surface area contributed by atoms with Crippen LogP contribution in [-0.2, 0) is 16.0 Å². The number of carbonyl (C=O) groups is 2. The highest BCUT2D eigenvalue weighted by Gasteiger charge is 2.13. The van der Waals surface area contributed by atoms with E-state index in [9.17, 15) is 14.4 Å². The number of esters is 1. The molecule has 0 spiro atoms. The fourth-order valence-electron chi connectivity index (χ4n) is 2.73. The third kappa shape index (κ3) is 3.64. The number of aromatic nitrogens is 1. The van der Waals surface area contributed by atoms with Crippen LogP contribution in [0.15, 0.2) is 53.3 Å². The maximum atomic E-state index is 12.4. The number of rotatable bonds is 4. The van der Waals surface area contributed by atoms with Gasteiger partial charge in [-0.25, -0.2) is 4.79 Å². The van der Waals surface area contributed by atoms with Crippen LogP contribution in [0, 0.1) is 6.92 Å². The number of anilines is 1. The summed E-state index contributed by atoms with van der Waals surface area (Å²) >= 11 is 0. The van der Waals surface area contributed by atoms with Crippen LogP contribution in [0.3, 0.4) is 0 Å². The van der Waals surface area contributed by atoms with Crippen molar-refractivity contribution in [1.82, 2.24) is 4.98 Å². The van der Waals surface area contributed by atoms with Gasteiger partial charge in [-0.1, -0.05) is 18.2 Å². The molecule has 0 bridgehead atoms. The van der Waals surface area contributed by atoms with Gasteiger partial charge >= 0.3 is 5.97 Å². The van der Waals surface area contributed by atoms with E-state index in [1.807, 2.05) is 6.07 Å². The van der Waals surface area contributed by atoms with E-state index in [0.717, 1.165) is 16.5 Å². The van der Waals surface area contributed by atoms with E-state index >= 15 is 0 Å². The minimum Gasteiger partial charge on any atom is -0.465 e. The lowest BCUT2D eigenvalue weighted by atomic mass is 10.1. The Hall–Kier alpha value is -3.41. The highest BCUT2D eigenvalue weighted by Crippen LogP contribution is 2.18. The number of amides is 1. The summed E-state index contributed by atoms with van der Waals surface area (Å²) in [5, 5.41) is 3.61. The molecule has 0 saturated heterocycles. The largest absolute Gasteiger partial charge is 0.465 e. The van der Waals surface area contributed by atoms with Crippen molar-refractivity contribution >= 4 is 28.5 Å². The number of H-pyrrole nitrogens is 1. The first-order chi connectivity index (χ1) is 12.5. The molecule has 0 saturated carbocycles. The van der Waals surface area contributed by atoms with Crippen LogP contribution in [0.2, 0.25) is 0 Å². The van der Waals surface area contributed by atoms with E-state index in [4.69, 9.17) is 4.74 Å². The molecule has 3 aromatic rings. The molecule has 0 unspecified atom stereocenters. The van der Waals surface area contributed by atoms with E-state index < -0.39 is 5.97 Å². The molecular formula is C20H18N2O4. The molecule has 0 aliphatic heterocycles. The van der Waals surface area contributed by atoms with Crippen LogP contribution in [0.1, 0.15) is 21.5 Å². The zero-order valence-electron chi connectivity index (χ0n) is 14.5. The molecule has 132 valence electrons. The zero-order chi connectivity index (χ0) is 18.7. The molecule has 1 heterocycles. The van der Waals surface area contributed by atoms with E-state index in [2.05, 4.69) is 10.3 Å². The third-order valence-electron chi connectivity index (χ3n) is 4.07. The van der Waals surface area contributed by atoms with Crippen LogP contribution in [0.5, 0.6) is 0 Å². The maximum absolute atomic E-state index is 12.4. The fourth-order valence-corrected chi connectivity index (χ4v) is 2.73. The predicted molar refractivity (Wildman–Crippen MR) is 99.4 cm³/mol. The van der Waals surface area contributed by atoms with Gasteiger partial charge in [0.2, 0.25) is 5.91 Å². The third-order valence-corrected chi connectivity index (χ3v) is 4.07. The Morgan fingerprint density at radius 1 is 1.12 bits per heavy atom. The van der Waals surface area contributed by atoms with Gasteiger partial charge in [-0.05, 0) is 48.2 Å². The van der Waals surface area contributed by atoms with Gasteiger partial charge in [-0.15, -0.1) is 0 Å². The smallest absolute Gasteiger partial charge is 0.339 e. The summed E-state index contributed by atoms with van der Waals surface area (Å²) in [5.41, 5.74) is 2.73. The second kappa shape index (κ2) is 7.23. The van der Waals surface area contributed by atoms with Crippen LogP contribution in [-0.4, -0.2) is 24.0 Å². The highest BCUT2D eigenvalue weighted by atomic mass is 16.5. The summed E-state index contributed by atoms with van der Waals surface area (Å²) < 4.78 is 4.73. The van der Waals surface area contributed by atoms with Gasteiger partial charge in [0, 0.05) is 11.1 Å². The number of methoxy groups -OCH3 is 1. The topological polar surface area (TPSA) is 88.3 Å². The molecule has 1 amide bonds. The minimum absolute atomic E-state index is 0.123. The normalized spacial score (nSPS) is 10.5. The van der Waals surface area contributed by atoms with Crippen molar-refractivity contribution in [1.29, 1.82) is 0 Å². The first-order valence-corrected chi connectivity index (χ1v) is 8.07. The lowest BCUT2D eigenvalue weighted by Crippen LogP contribution is -2.17. The second-order valence-electron chi connectivity index (χ2n) is 5.97. The van der Waals surface area contributed by atoms with Crippen molar-refractivity contribution in [3.8, 4) is 0 Å². The molecule has 1 aromatic heterocycles. The Labute approximate surface area is 149 Å². The Morgan fingerprint density at radius 3 is 2.65 bits per heavy atom. The molecule has 0 radical (unpaired) electrons. The molecule has 6 nitrogen and oxygen atoms in total. The summed E-state index contributed by atoms with van der Waals surface area (Å²) in [6.07, 6.45) is 0.142. The number of fused-ring (bicyclic) bond motifs is 1. The number of hydrogen-bond donors (Lipinski definition) is 2. The number of pyridine rings is 1. The van der Waals surface area contributed by atoms with Gasteiger partial charge in [0.15, 0.2) is 0 Å². The van der Waals surface area contributed by atoms with Crippen LogP contribution < -0.4 is 10.9 Å². The molecule has 0 aliphatic carbocycles. The summed E-state index contributed by atoms with van der Waals surface area (Å²) in [7, 11) is 1.29. The van der Waals surface area contributed by atoms with E-state index in [1.54, 1.807) is 49.4 Å². The van der Waals surface area contributed by atoms with E-state index in [1.165, 1.54) is 7.11 Å². The molecule has 6 heteroatoms. The Balaban J connectivity index is 1.81. The maximum Gasteiger partial charge on any atom is 0.339 e. The zero-order valence-corrected chi connectivity index (χ0v) is 14.5. The number of para-hydroxylation sites is 1. The quantitative estimate of drug-likeness (QED) is 0.708. The average molecular weight is 350 g/mol. The van der Waals surface area contributed by atoms with Gasteiger partial charge in [-0.2, -0.15) is 0 Å². The summed E-state index contributed by atoms with van der Waals surface area (Å²) in [4.78, 5) is 38.6. The Bertz CT molecular complexity index is 1050. The monoisotopic (exact) mass is 350 g/mol. The van der Waals surface area contributed by atoms with Gasteiger partial charge < -0.3 is 15.0 Å². The van der Waals surface area contributed by atoms with E-state index in [0.29, 0.717) is 16.8 Å². The first-order valence-electron chi connectivity index (χ1n) is 8.07. The van der Waals surface area contributed by atoms with Crippen LogP contribution in [0.25, 0.3) is 10.9 Å². The van der Waals surface area contributed by atoms with Crippen molar-refractivity contribution in [3.05, 3.63) is 75.6 Å². The number of benzene rings is 2. The number of ether oxygens (including phenoxy) is 1. The second-order valence-corrected chi connectivity index (χ2v) is 5.97. The van der Waals surface area contributed by atoms with Gasteiger partial charge in [0.25, 0.3) is 5.56 Å². The summed E-state index contributed by atoms with van der Waals surface area (Å²) in [6.45, 7) is 1.74.